The number of carbonyl (C=O) groups is 1. The number of likely N-dealkylation sites (tertiary alicyclic amines) is 1. The first-order valence-electron chi connectivity index (χ1n) is 8.13. The minimum Gasteiger partial charge on any atom is -0.372 e. The van der Waals surface area contributed by atoms with Gasteiger partial charge in [0.15, 0.2) is 0 Å². The first-order valence-corrected chi connectivity index (χ1v) is 8.51. The summed E-state index contributed by atoms with van der Waals surface area (Å²) in [5.41, 5.74) is 0.711. The van der Waals surface area contributed by atoms with Gasteiger partial charge in [-0.2, -0.15) is 0 Å². The molecule has 0 saturated carbocycles. The van der Waals surface area contributed by atoms with Crippen LogP contribution in [0.1, 0.15) is 28.8 Å². The highest BCUT2D eigenvalue weighted by Crippen LogP contribution is 2.20. The monoisotopic (exact) mass is 365 g/mol. The molecule has 0 N–H and O–H groups in total. The number of halogens is 3. The maximum atomic E-state index is 13.7. The minimum atomic E-state index is -0.499. The van der Waals surface area contributed by atoms with Crippen LogP contribution >= 0.6 is 11.6 Å². The van der Waals surface area contributed by atoms with Gasteiger partial charge < -0.3 is 9.64 Å². The molecule has 1 saturated heterocycles. The van der Waals surface area contributed by atoms with Crippen molar-refractivity contribution in [1.82, 2.24) is 4.90 Å². The van der Waals surface area contributed by atoms with E-state index in [2.05, 4.69) is 0 Å². The van der Waals surface area contributed by atoms with Crippen molar-refractivity contribution < 1.29 is 18.3 Å². The predicted octanol–water partition coefficient (Wildman–Crippen LogP) is 4.44. The Bertz CT molecular complexity index is 769. The Balaban J connectivity index is 1.61. The van der Waals surface area contributed by atoms with Gasteiger partial charge in [0.05, 0.1) is 12.7 Å². The van der Waals surface area contributed by atoms with E-state index in [1.807, 2.05) is 0 Å². The summed E-state index contributed by atoms with van der Waals surface area (Å²) < 4.78 is 32.6. The molecule has 2 aromatic rings. The van der Waals surface area contributed by atoms with E-state index in [9.17, 15) is 13.6 Å². The van der Waals surface area contributed by atoms with Crippen LogP contribution in [0.2, 0.25) is 5.02 Å². The Morgan fingerprint density at radius 3 is 2.88 bits per heavy atom. The molecule has 0 spiro atoms. The molecule has 3 nitrogen and oxygen atoms in total. The number of piperidine rings is 1. The Morgan fingerprint density at radius 1 is 1.24 bits per heavy atom. The average Bonchev–Trinajstić information content (AvgIpc) is 2.62. The molecule has 1 aliphatic heterocycles. The number of hydrogen-bond acceptors (Lipinski definition) is 2. The Morgan fingerprint density at radius 2 is 2.08 bits per heavy atom. The first-order chi connectivity index (χ1) is 12.0. The van der Waals surface area contributed by atoms with Gasteiger partial charge in [0.1, 0.15) is 11.6 Å². The largest absolute Gasteiger partial charge is 0.372 e. The molecule has 132 valence electrons. The lowest BCUT2D eigenvalue weighted by atomic mass is 10.1. The van der Waals surface area contributed by atoms with Crippen molar-refractivity contribution >= 4 is 17.5 Å². The van der Waals surface area contributed by atoms with Gasteiger partial charge in [-0.05, 0) is 49.2 Å². The molecule has 0 bridgehead atoms. The predicted molar refractivity (Wildman–Crippen MR) is 91.5 cm³/mol. The van der Waals surface area contributed by atoms with Crippen LogP contribution in [0.15, 0.2) is 42.5 Å². The summed E-state index contributed by atoms with van der Waals surface area (Å²) in [6.07, 6.45) is 1.36. The van der Waals surface area contributed by atoms with Gasteiger partial charge in [-0.3, -0.25) is 4.79 Å². The van der Waals surface area contributed by atoms with Crippen LogP contribution in [0.3, 0.4) is 0 Å². The summed E-state index contributed by atoms with van der Waals surface area (Å²) in [6.45, 7) is 1.04. The van der Waals surface area contributed by atoms with Crippen molar-refractivity contribution in [3.8, 4) is 0 Å². The van der Waals surface area contributed by atoms with Gasteiger partial charge in [0.25, 0.3) is 5.91 Å². The number of ether oxygens (including phenoxy) is 1. The summed E-state index contributed by atoms with van der Waals surface area (Å²) in [6, 6.07) is 10.1. The summed E-state index contributed by atoms with van der Waals surface area (Å²) in [5.74, 6) is -1.10. The normalized spacial score (nSPS) is 17.6. The number of rotatable bonds is 4. The number of amides is 1. The quantitative estimate of drug-likeness (QED) is 0.801. The number of nitrogens with zero attached hydrogens (tertiary/aromatic N) is 1. The Hall–Kier alpha value is -1.98. The zero-order valence-electron chi connectivity index (χ0n) is 13.6. The van der Waals surface area contributed by atoms with E-state index >= 15 is 0 Å². The molecule has 2 aromatic carbocycles. The zero-order valence-corrected chi connectivity index (χ0v) is 14.3. The molecule has 1 heterocycles. The second-order valence-corrected chi connectivity index (χ2v) is 6.51. The molecular formula is C19H18ClF2NO2. The van der Waals surface area contributed by atoms with Gasteiger partial charge in [-0.1, -0.05) is 17.7 Å². The molecule has 0 unspecified atom stereocenters. The maximum absolute atomic E-state index is 13.7. The fraction of sp³-hybridized carbons (Fsp3) is 0.316. The van der Waals surface area contributed by atoms with E-state index in [1.54, 1.807) is 29.2 Å². The molecule has 1 fully saturated rings. The third-order valence-electron chi connectivity index (χ3n) is 4.22. The Kier molecular flexibility index (Phi) is 5.66. The van der Waals surface area contributed by atoms with E-state index in [4.69, 9.17) is 16.3 Å². The molecule has 1 amide bonds. The molecule has 6 heteroatoms. The van der Waals surface area contributed by atoms with Crippen molar-refractivity contribution in [1.29, 1.82) is 0 Å². The third-order valence-corrected chi connectivity index (χ3v) is 4.45. The number of hydrogen-bond donors (Lipinski definition) is 0. The smallest absolute Gasteiger partial charge is 0.253 e. The lowest BCUT2D eigenvalue weighted by molar-refractivity contribution is -0.00769. The molecule has 0 aliphatic carbocycles. The molecular weight excluding hydrogens is 348 g/mol. The second kappa shape index (κ2) is 7.93. The van der Waals surface area contributed by atoms with E-state index in [0.29, 0.717) is 23.7 Å². The molecule has 0 radical (unpaired) electrons. The van der Waals surface area contributed by atoms with Crippen LogP contribution < -0.4 is 0 Å². The maximum Gasteiger partial charge on any atom is 0.253 e. The molecule has 3 rings (SSSR count). The van der Waals surface area contributed by atoms with Crippen molar-refractivity contribution in [2.45, 2.75) is 25.6 Å². The topological polar surface area (TPSA) is 29.5 Å². The lowest BCUT2D eigenvalue weighted by Crippen LogP contribution is -2.43. The number of carbonyl (C=O) groups excluding carboxylic acids is 1. The highest BCUT2D eigenvalue weighted by molar-refractivity contribution is 6.30. The van der Waals surface area contributed by atoms with Gasteiger partial charge in [-0.25, -0.2) is 8.78 Å². The fourth-order valence-corrected chi connectivity index (χ4v) is 3.11. The van der Waals surface area contributed by atoms with Crippen LogP contribution in [0.4, 0.5) is 8.78 Å². The standard InChI is InChI=1S/C19H18ClF2NO2/c20-15-4-1-3-13(9-15)19(24)23-8-2-5-17(11-23)25-12-14-10-16(21)6-7-18(14)22/h1,3-4,6-7,9-10,17H,2,5,8,11-12H2/t17-/m0/s1. The zero-order chi connectivity index (χ0) is 17.8. The van der Waals surface area contributed by atoms with Crippen LogP contribution in [0.5, 0.6) is 0 Å². The number of benzene rings is 2. The Labute approximate surface area is 150 Å². The van der Waals surface area contributed by atoms with Gasteiger partial charge in [0, 0.05) is 29.2 Å². The van der Waals surface area contributed by atoms with Crippen molar-refractivity contribution in [2.75, 3.05) is 13.1 Å². The van der Waals surface area contributed by atoms with Gasteiger partial charge >= 0.3 is 0 Å². The van der Waals surface area contributed by atoms with Crippen LogP contribution in [-0.4, -0.2) is 30.0 Å². The van der Waals surface area contributed by atoms with E-state index in [-0.39, 0.29) is 24.2 Å². The van der Waals surface area contributed by atoms with Crippen LogP contribution in [-0.2, 0) is 11.3 Å². The van der Waals surface area contributed by atoms with E-state index < -0.39 is 11.6 Å². The summed E-state index contributed by atoms with van der Waals surface area (Å²) in [4.78, 5) is 14.3. The van der Waals surface area contributed by atoms with Crippen LogP contribution in [0, 0.1) is 11.6 Å². The van der Waals surface area contributed by atoms with Crippen molar-refractivity contribution in [3.63, 3.8) is 0 Å². The second-order valence-electron chi connectivity index (χ2n) is 6.07. The lowest BCUT2D eigenvalue weighted by Gasteiger charge is -2.32. The highest BCUT2D eigenvalue weighted by Gasteiger charge is 2.25. The van der Waals surface area contributed by atoms with Gasteiger partial charge in [0.2, 0.25) is 0 Å². The van der Waals surface area contributed by atoms with E-state index in [1.165, 1.54) is 0 Å². The molecule has 1 aliphatic rings. The SMILES string of the molecule is O=C(c1cccc(Cl)c1)N1CCC[C@H](OCc2cc(F)ccc2F)C1. The van der Waals surface area contributed by atoms with Crippen molar-refractivity contribution in [2.24, 2.45) is 0 Å². The summed E-state index contributed by atoms with van der Waals surface area (Å²) in [7, 11) is 0. The fourth-order valence-electron chi connectivity index (χ4n) is 2.92. The molecule has 1 atom stereocenters. The van der Waals surface area contributed by atoms with Crippen molar-refractivity contribution in [3.05, 3.63) is 70.2 Å². The minimum absolute atomic E-state index is 0.0204. The van der Waals surface area contributed by atoms with Crippen LogP contribution in [0.25, 0.3) is 0 Å². The van der Waals surface area contributed by atoms with E-state index in [0.717, 1.165) is 31.0 Å². The third kappa shape index (κ3) is 4.55. The molecule has 25 heavy (non-hydrogen) atoms. The van der Waals surface area contributed by atoms with Gasteiger partial charge in [-0.15, -0.1) is 0 Å². The average molecular weight is 366 g/mol. The highest BCUT2D eigenvalue weighted by atomic mass is 35.5. The summed E-state index contributed by atoms with van der Waals surface area (Å²) >= 11 is 5.94. The molecule has 0 aromatic heterocycles. The first kappa shape index (κ1) is 17.8. The summed E-state index contributed by atoms with van der Waals surface area (Å²) in [5, 5.41) is 0.511.